The fourth-order valence-electron chi connectivity index (χ4n) is 1.52. The molecule has 0 heterocycles. The third-order valence-corrected chi connectivity index (χ3v) is 2.28. The minimum absolute atomic E-state index is 0.186. The van der Waals surface area contributed by atoms with Crippen LogP contribution in [0, 0.1) is 5.41 Å². The quantitative estimate of drug-likeness (QED) is 0.676. The zero-order valence-electron chi connectivity index (χ0n) is 7.65. The molecule has 1 aliphatic carbocycles. The van der Waals surface area contributed by atoms with Crippen LogP contribution in [-0.2, 0) is 0 Å². The molecule has 0 amide bonds. The van der Waals surface area contributed by atoms with E-state index in [2.05, 4.69) is 0 Å². The Labute approximate surface area is 85.4 Å². The lowest BCUT2D eigenvalue weighted by atomic mass is 9.89. The molecule has 1 aliphatic rings. The number of carbonyl (C=O) groups excluding carboxylic acids is 2. The Morgan fingerprint density at radius 2 is 1.60 bits per heavy atom. The topological polar surface area (TPSA) is 78.2 Å². The van der Waals surface area contributed by atoms with Crippen LogP contribution in [0.1, 0.15) is 20.7 Å². The van der Waals surface area contributed by atoms with Gasteiger partial charge in [0.15, 0.2) is 11.5 Å². The number of aliphatic hydroxyl groups is 1. The average molecular weight is 201 g/mol. The second-order valence-electron chi connectivity index (χ2n) is 3.11. The molecule has 0 fully saturated rings. The molecule has 4 nitrogen and oxygen atoms in total. The van der Waals surface area contributed by atoms with Crippen molar-refractivity contribution in [1.29, 1.82) is 5.41 Å². The molecule has 0 saturated heterocycles. The molecule has 2 rings (SSSR count). The summed E-state index contributed by atoms with van der Waals surface area (Å²) in [6, 6.07) is 6.23. The molecule has 2 N–H and O–H groups in total. The third kappa shape index (κ3) is 1.19. The van der Waals surface area contributed by atoms with E-state index in [0.29, 0.717) is 6.21 Å². The second kappa shape index (κ2) is 3.16. The number of benzene rings is 1. The molecule has 0 bridgehead atoms. The van der Waals surface area contributed by atoms with Crippen molar-refractivity contribution < 1.29 is 14.7 Å². The highest BCUT2D eigenvalue weighted by Gasteiger charge is 2.30. The summed E-state index contributed by atoms with van der Waals surface area (Å²) >= 11 is 0. The summed E-state index contributed by atoms with van der Waals surface area (Å²) in [6.45, 7) is 0. The SMILES string of the molecule is N=CC1=C(O)C(=O)c2ccccc2C1=O. The van der Waals surface area contributed by atoms with Crippen molar-refractivity contribution >= 4 is 17.8 Å². The van der Waals surface area contributed by atoms with Gasteiger partial charge < -0.3 is 10.5 Å². The maximum atomic E-state index is 11.7. The van der Waals surface area contributed by atoms with Crippen LogP contribution in [0.25, 0.3) is 0 Å². The number of hydrogen-bond donors (Lipinski definition) is 2. The molecule has 0 atom stereocenters. The first kappa shape index (κ1) is 9.33. The predicted molar refractivity (Wildman–Crippen MR) is 53.5 cm³/mol. The number of ketones is 2. The van der Waals surface area contributed by atoms with Crippen LogP contribution in [-0.4, -0.2) is 22.9 Å². The highest BCUT2D eigenvalue weighted by Crippen LogP contribution is 2.23. The summed E-state index contributed by atoms with van der Waals surface area (Å²) in [7, 11) is 0. The van der Waals surface area contributed by atoms with Crippen LogP contribution < -0.4 is 0 Å². The molecule has 0 aromatic heterocycles. The lowest BCUT2D eigenvalue weighted by Gasteiger charge is -2.14. The molecule has 0 radical (unpaired) electrons. The van der Waals surface area contributed by atoms with Crippen LogP contribution in [0.5, 0.6) is 0 Å². The van der Waals surface area contributed by atoms with Crippen LogP contribution >= 0.6 is 0 Å². The molecule has 74 valence electrons. The van der Waals surface area contributed by atoms with E-state index in [1.54, 1.807) is 12.1 Å². The highest BCUT2D eigenvalue weighted by molar-refractivity contribution is 6.32. The van der Waals surface area contributed by atoms with Gasteiger partial charge >= 0.3 is 0 Å². The van der Waals surface area contributed by atoms with Gasteiger partial charge in [-0.3, -0.25) is 9.59 Å². The van der Waals surface area contributed by atoms with E-state index in [0.717, 1.165) is 0 Å². The molecule has 1 aromatic rings. The van der Waals surface area contributed by atoms with Gasteiger partial charge in [-0.2, -0.15) is 0 Å². The first-order chi connectivity index (χ1) is 7.16. The van der Waals surface area contributed by atoms with E-state index in [-0.39, 0.29) is 16.7 Å². The van der Waals surface area contributed by atoms with Crippen molar-refractivity contribution in [2.24, 2.45) is 0 Å². The van der Waals surface area contributed by atoms with E-state index in [1.807, 2.05) is 0 Å². The minimum atomic E-state index is -0.645. The third-order valence-electron chi connectivity index (χ3n) is 2.28. The van der Waals surface area contributed by atoms with Gasteiger partial charge in [-0.25, -0.2) is 0 Å². The second-order valence-corrected chi connectivity index (χ2v) is 3.11. The summed E-state index contributed by atoms with van der Waals surface area (Å²) in [5, 5.41) is 16.4. The summed E-state index contributed by atoms with van der Waals surface area (Å²) in [6.07, 6.45) is 0.700. The molecule has 0 unspecified atom stereocenters. The fourth-order valence-corrected chi connectivity index (χ4v) is 1.52. The molecule has 0 aliphatic heterocycles. The molecule has 0 saturated carbocycles. The number of allylic oxidation sites excluding steroid dienone is 2. The number of nitrogens with one attached hydrogen (secondary N) is 1. The number of rotatable bonds is 1. The highest BCUT2D eigenvalue weighted by atomic mass is 16.3. The van der Waals surface area contributed by atoms with Crippen molar-refractivity contribution in [3.63, 3.8) is 0 Å². The molecule has 15 heavy (non-hydrogen) atoms. The van der Waals surface area contributed by atoms with Crippen molar-refractivity contribution in [2.45, 2.75) is 0 Å². The molecule has 0 spiro atoms. The van der Waals surface area contributed by atoms with Crippen LogP contribution in [0.15, 0.2) is 35.6 Å². The molecule has 4 heteroatoms. The van der Waals surface area contributed by atoms with Crippen LogP contribution in [0.3, 0.4) is 0 Å². The zero-order valence-corrected chi connectivity index (χ0v) is 7.65. The Kier molecular flexibility index (Phi) is 1.97. The number of carbonyl (C=O) groups is 2. The normalized spacial score (nSPS) is 15.2. The lowest BCUT2D eigenvalue weighted by Crippen LogP contribution is -2.22. The maximum Gasteiger partial charge on any atom is 0.228 e. The fraction of sp³-hybridized carbons (Fsp3) is 0. The van der Waals surface area contributed by atoms with E-state index in [9.17, 15) is 14.7 Å². The van der Waals surface area contributed by atoms with Crippen molar-refractivity contribution in [1.82, 2.24) is 0 Å². The van der Waals surface area contributed by atoms with Gasteiger partial charge in [0, 0.05) is 17.3 Å². The lowest BCUT2D eigenvalue weighted by molar-refractivity contribution is 0.0934. The van der Waals surface area contributed by atoms with Crippen molar-refractivity contribution in [2.75, 3.05) is 0 Å². The van der Waals surface area contributed by atoms with E-state index in [1.165, 1.54) is 12.1 Å². The Balaban J connectivity index is 2.73. The summed E-state index contributed by atoms with van der Waals surface area (Å²) in [4.78, 5) is 23.3. The van der Waals surface area contributed by atoms with Gasteiger partial charge in [-0.1, -0.05) is 24.3 Å². The molecule has 1 aromatic carbocycles. The summed E-state index contributed by atoms with van der Waals surface area (Å²) in [5.41, 5.74) is 0.170. The summed E-state index contributed by atoms with van der Waals surface area (Å²) < 4.78 is 0. The van der Waals surface area contributed by atoms with Crippen LogP contribution in [0.4, 0.5) is 0 Å². The average Bonchev–Trinajstić information content (AvgIpc) is 2.27. The standard InChI is InChI=1S/C11H7NO3/c12-5-8-9(13)6-3-1-2-4-7(6)10(14)11(8)15/h1-5,12,15H. The Hall–Kier alpha value is -2.23. The van der Waals surface area contributed by atoms with Gasteiger partial charge in [-0.05, 0) is 0 Å². The maximum absolute atomic E-state index is 11.7. The van der Waals surface area contributed by atoms with Gasteiger partial charge in [-0.15, -0.1) is 0 Å². The molecular formula is C11H7NO3. The zero-order chi connectivity index (χ0) is 11.0. The van der Waals surface area contributed by atoms with Crippen molar-refractivity contribution in [3.05, 3.63) is 46.7 Å². The smallest absolute Gasteiger partial charge is 0.228 e. The van der Waals surface area contributed by atoms with Gasteiger partial charge in [0.05, 0.1) is 5.57 Å². The number of Topliss-reactive ketones (excluding diaryl/α,β-unsaturated/α-hetero) is 2. The Bertz CT molecular complexity index is 514. The number of fused-ring (bicyclic) bond motifs is 1. The van der Waals surface area contributed by atoms with Crippen LogP contribution in [0.2, 0.25) is 0 Å². The van der Waals surface area contributed by atoms with E-state index < -0.39 is 17.3 Å². The van der Waals surface area contributed by atoms with E-state index >= 15 is 0 Å². The largest absolute Gasteiger partial charge is 0.504 e. The first-order valence-electron chi connectivity index (χ1n) is 4.29. The Morgan fingerprint density at radius 3 is 2.13 bits per heavy atom. The first-order valence-corrected chi connectivity index (χ1v) is 4.29. The number of hydrogen-bond acceptors (Lipinski definition) is 4. The van der Waals surface area contributed by atoms with Gasteiger partial charge in [0.1, 0.15) is 0 Å². The van der Waals surface area contributed by atoms with Gasteiger partial charge in [0.25, 0.3) is 0 Å². The Morgan fingerprint density at radius 1 is 1.07 bits per heavy atom. The number of aliphatic hydroxyl groups excluding tert-OH is 1. The predicted octanol–water partition coefficient (Wildman–Crippen LogP) is 1.53. The van der Waals surface area contributed by atoms with E-state index in [4.69, 9.17) is 5.41 Å². The van der Waals surface area contributed by atoms with Gasteiger partial charge in [0.2, 0.25) is 5.78 Å². The monoisotopic (exact) mass is 201 g/mol. The van der Waals surface area contributed by atoms with Crippen molar-refractivity contribution in [3.8, 4) is 0 Å². The molecular weight excluding hydrogens is 194 g/mol. The summed E-state index contributed by atoms with van der Waals surface area (Å²) in [5.74, 6) is -1.74. The minimum Gasteiger partial charge on any atom is -0.504 e.